The fraction of sp³-hybridized carbons (Fsp3) is 0.889. The van der Waals surface area contributed by atoms with E-state index in [0.29, 0.717) is 0 Å². The van der Waals surface area contributed by atoms with E-state index in [1.165, 1.54) is 0 Å². The average Bonchev–Trinajstić information content (AvgIpc) is 2.64. The Morgan fingerprint density at radius 2 is 1.93 bits per heavy atom. The van der Waals surface area contributed by atoms with Crippen molar-refractivity contribution >= 4 is 5.91 Å². The molecule has 0 aliphatic heterocycles. The standard InChI is InChI=1S/C9H14F3NO/c1-6(2)5-7(14)13-8(3-4-8)9(10,11)12/h6H,3-5H2,1-2H3,(H,13,14). The first-order chi connectivity index (χ1) is 6.27. The van der Waals surface area contributed by atoms with E-state index < -0.39 is 17.6 Å². The molecular weight excluding hydrogens is 195 g/mol. The fourth-order valence-corrected chi connectivity index (χ4v) is 1.29. The first-order valence-electron chi connectivity index (χ1n) is 4.64. The van der Waals surface area contributed by atoms with Gasteiger partial charge in [-0.2, -0.15) is 13.2 Å². The molecule has 0 atom stereocenters. The lowest BCUT2D eigenvalue weighted by Gasteiger charge is -2.21. The third kappa shape index (κ3) is 2.39. The molecule has 82 valence electrons. The minimum absolute atomic E-state index is 0.0142. The van der Waals surface area contributed by atoms with Crippen molar-refractivity contribution in [1.29, 1.82) is 0 Å². The molecule has 0 radical (unpaired) electrons. The van der Waals surface area contributed by atoms with E-state index in [1.807, 2.05) is 0 Å². The number of carbonyl (C=O) groups is 1. The van der Waals surface area contributed by atoms with Crippen molar-refractivity contribution in [3.05, 3.63) is 0 Å². The highest BCUT2D eigenvalue weighted by atomic mass is 19.4. The Morgan fingerprint density at radius 1 is 1.43 bits per heavy atom. The first kappa shape index (κ1) is 11.3. The Bertz CT molecular complexity index is 231. The lowest BCUT2D eigenvalue weighted by Crippen LogP contribution is -2.48. The molecule has 1 aliphatic rings. The highest BCUT2D eigenvalue weighted by Crippen LogP contribution is 2.48. The largest absolute Gasteiger partial charge is 0.411 e. The molecule has 0 heterocycles. The van der Waals surface area contributed by atoms with Gasteiger partial charge in [0.25, 0.3) is 0 Å². The summed E-state index contributed by atoms with van der Waals surface area (Å²) in [7, 11) is 0. The van der Waals surface area contributed by atoms with Crippen molar-refractivity contribution in [2.75, 3.05) is 0 Å². The van der Waals surface area contributed by atoms with Gasteiger partial charge in [0, 0.05) is 6.42 Å². The number of carbonyl (C=O) groups excluding carboxylic acids is 1. The summed E-state index contributed by atoms with van der Waals surface area (Å²) >= 11 is 0. The van der Waals surface area contributed by atoms with Gasteiger partial charge in [-0.25, -0.2) is 0 Å². The maximum absolute atomic E-state index is 12.4. The second-order valence-corrected chi connectivity index (χ2v) is 4.23. The molecule has 0 aromatic heterocycles. The molecule has 1 rings (SSSR count). The van der Waals surface area contributed by atoms with Gasteiger partial charge in [-0.1, -0.05) is 13.8 Å². The van der Waals surface area contributed by atoms with Crippen molar-refractivity contribution in [3.8, 4) is 0 Å². The van der Waals surface area contributed by atoms with Crippen LogP contribution in [0.4, 0.5) is 13.2 Å². The van der Waals surface area contributed by atoms with Crippen LogP contribution in [0.25, 0.3) is 0 Å². The van der Waals surface area contributed by atoms with Gasteiger partial charge < -0.3 is 5.32 Å². The third-order valence-electron chi connectivity index (χ3n) is 2.26. The van der Waals surface area contributed by atoms with Gasteiger partial charge >= 0.3 is 6.18 Å². The van der Waals surface area contributed by atoms with Gasteiger partial charge in [0.2, 0.25) is 5.91 Å². The van der Waals surface area contributed by atoms with Gasteiger partial charge in [0.15, 0.2) is 0 Å². The summed E-state index contributed by atoms with van der Waals surface area (Å²) in [5.41, 5.74) is -1.90. The van der Waals surface area contributed by atoms with Crippen LogP contribution in [-0.2, 0) is 4.79 Å². The molecule has 0 aromatic carbocycles. The summed E-state index contributed by atoms with van der Waals surface area (Å²) in [6.45, 7) is 3.60. The molecular formula is C9H14F3NO. The molecule has 0 unspecified atom stereocenters. The van der Waals surface area contributed by atoms with Crippen molar-refractivity contribution in [3.63, 3.8) is 0 Å². The minimum Gasteiger partial charge on any atom is -0.342 e. The number of nitrogens with one attached hydrogen (secondary N) is 1. The SMILES string of the molecule is CC(C)CC(=O)NC1(C(F)(F)F)CC1. The molecule has 0 spiro atoms. The van der Waals surface area contributed by atoms with Crippen LogP contribution in [-0.4, -0.2) is 17.6 Å². The summed E-state index contributed by atoms with van der Waals surface area (Å²) in [4.78, 5) is 11.1. The van der Waals surface area contributed by atoms with Crippen molar-refractivity contribution in [1.82, 2.24) is 5.32 Å². The summed E-state index contributed by atoms with van der Waals surface area (Å²) < 4.78 is 37.1. The van der Waals surface area contributed by atoms with Crippen molar-refractivity contribution in [2.24, 2.45) is 5.92 Å². The van der Waals surface area contributed by atoms with E-state index in [4.69, 9.17) is 0 Å². The quantitative estimate of drug-likeness (QED) is 0.758. The molecule has 1 N–H and O–H groups in total. The Balaban J connectivity index is 2.49. The van der Waals surface area contributed by atoms with Crippen LogP contribution in [0.5, 0.6) is 0 Å². The summed E-state index contributed by atoms with van der Waals surface area (Å²) in [6.07, 6.45) is -4.13. The zero-order valence-corrected chi connectivity index (χ0v) is 8.24. The number of hydrogen-bond donors (Lipinski definition) is 1. The van der Waals surface area contributed by atoms with Gasteiger partial charge in [-0.15, -0.1) is 0 Å². The van der Waals surface area contributed by atoms with E-state index >= 15 is 0 Å². The number of hydrogen-bond acceptors (Lipinski definition) is 1. The highest BCUT2D eigenvalue weighted by Gasteiger charge is 2.64. The average molecular weight is 209 g/mol. The molecule has 5 heteroatoms. The van der Waals surface area contributed by atoms with Gasteiger partial charge in [0.1, 0.15) is 5.54 Å². The van der Waals surface area contributed by atoms with Crippen LogP contribution >= 0.6 is 0 Å². The summed E-state index contributed by atoms with van der Waals surface area (Å²) in [5.74, 6) is -0.422. The zero-order chi connectivity index (χ0) is 11.0. The topological polar surface area (TPSA) is 29.1 Å². The van der Waals surface area contributed by atoms with Gasteiger partial charge in [-0.3, -0.25) is 4.79 Å². The Labute approximate surface area is 80.9 Å². The number of rotatable bonds is 3. The second-order valence-electron chi connectivity index (χ2n) is 4.23. The van der Waals surface area contributed by atoms with Crippen molar-refractivity contribution in [2.45, 2.75) is 44.8 Å². The molecule has 1 amide bonds. The smallest absolute Gasteiger partial charge is 0.342 e. The summed E-state index contributed by atoms with van der Waals surface area (Å²) in [5, 5.41) is 2.07. The Morgan fingerprint density at radius 3 is 2.21 bits per heavy atom. The Hall–Kier alpha value is -0.740. The van der Waals surface area contributed by atoms with Crippen LogP contribution in [0, 0.1) is 5.92 Å². The van der Waals surface area contributed by atoms with E-state index in [1.54, 1.807) is 13.8 Å². The monoisotopic (exact) mass is 209 g/mol. The van der Waals surface area contributed by atoms with Gasteiger partial charge in [0.05, 0.1) is 0 Å². The number of halogens is 3. The lowest BCUT2D eigenvalue weighted by atomic mass is 10.1. The maximum Gasteiger partial charge on any atom is 0.411 e. The van der Waals surface area contributed by atoms with E-state index in [9.17, 15) is 18.0 Å². The van der Waals surface area contributed by atoms with Crippen LogP contribution in [0.2, 0.25) is 0 Å². The van der Waals surface area contributed by atoms with Crippen LogP contribution in [0.3, 0.4) is 0 Å². The molecule has 1 saturated carbocycles. The van der Waals surface area contributed by atoms with Gasteiger partial charge in [-0.05, 0) is 18.8 Å². The maximum atomic E-state index is 12.4. The number of amides is 1. The fourth-order valence-electron chi connectivity index (χ4n) is 1.29. The lowest BCUT2D eigenvalue weighted by molar-refractivity contribution is -0.170. The molecule has 0 saturated heterocycles. The van der Waals surface area contributed by atoms with E-state index in [-0.39, 0.29) is 25.2 Å². The zero-order valence-electron chi connectivity index (χ0n) is 8.24. The van der Waals surface area contributed by atoms with Crippen LogP contribution < -0.4 is 5.32 Å². The molecule has 0 bridgehead atoms. The van der Waals surface area contributed by atoms with Crippen molar-refractivity contribution < 1.29 is 18.0 Å². The van der Waals surface area contributed by atoms with E-state index in [2.05, 4.69) is 5.32 Å². The molecule has 1 fully saturated rings. The molecule has 0 aromatic rings. The van der Waals surface area contributed by atoms with Crippen LogP contribution in [0.1, 0.15) is 33.1 Å². The second kappa shape index (κ2) is 3.44. The molecule has 14 heavy (non-hydrogen) atoms. The predicted molar refractivity (Wildman–Crippen MR) is 45.6 cm³/mol. The van der Waals surface area contributed by atoms with E-state index in [0.717, 1.165) is 0 Å². The Kier molecular flexibility index (Phi) is 2.78. The van der Waals surface area contributed by atoms with Crippen LogP contribution in [0.15, 0.2) is 0 Å². The highest BCUT2D eigenvalue weighted by molar-refractivity contribution is 5.77. The molecule has 2 nitrogen and oxygen atoms in total. The predicted octanol–water partition coefficient (Wildman–Crippen LogP) is 2.24. The first-order valence-corrected chi connectivity index (χ1v) is 4.64. The number of alkyl halides is 3. The molecule has 1 aliphatic carbocycles. The third-order valence-corrected chi connectivity index (χ3v) is 2.26. The minimum atomic E-state index is -4.31. The normalized spacial score (nSPS) is 19.6. The summed E-state index contributed by atoms with van der Waals surface area (Å²) in [6, 6.07) is 0.